The second-order valence-corrected chi connectivity index (χ2v) is 7.94. The minimum atomic E-state index is -4.80. The molecule has 0 heterocycles. The molecular weight excluding hydrogens is 399 g/mol. The maximum absolute atomic E-state index is 13.0. The molecule has 0 saturated carbocycles. The molecule has 2 aromatic rings. The average molecular weight is 415 g/mol. The van der Waals surface area contributed by atoms with Crippen molar-refractivity contribution in [1.82, 2.24) is 5.32 Å². The molecule has 0 aliphatic heterocycles. The van der Waals surface area contributed by atoms with E-state index in [0.717, 1.165) is 12.1 Å². The summed E-state index contributed by atoms with van der Waals surface area (Å²) < 4.78 is 63.6. The molecule has 0 saturated heterocycles. The van der Waals surface area contributed by atoms with Crippen LogP contribution in [0.3, 0.4) is 0 Å². The lowest BCUT2D eigenvalue weighted by Gasteiger charge is -2.17. The lowest BCUT2D eigenvalue weighted by molar-refractivity contribution is -0.139. The largest absolute Gasteiger partial charge is 0.480 e. The molecule has 0 aliphatic rings. The van der Waals surface area contributed by atoms with Gasteiger partial charge >= 0.3 is 12.1 Å². The Hall–Kier alpha value is -2.88. The molecule has 0 spiro atoms. The smallest absolute Gasteiger partial charge is 0.417 e. The molecule has 150 valence electrons. The van der Waals surface area contributed by atoms with Gasteiger partial charge in [-0.15, -0.1) is 0 Å². The molecule has 6 nitrogen and oxygen atoms in total. The van der Waals surface area contributed by atoms with E-state index < -0.39 is 57.2 Å². The number of hydrogen-bond donors (Lipinski definition) is 2. The number of carboxylic acids is 1. The number of rotatable bonds is 7. The maximum Gasteiger partial charge on any atom is 0.417 e. The molecule has 0 radical (unpaired) electrons. The van der Waals surface area contributed by atoms with E-state index in [0.29, 0.717) is 6.07 Å². The van der Waals surface area contributed by atoms with Crippen molar-refractivity contribution >= 4 is 21.7 Å². The summed E-state index contributed by atoms with van der Waals surface area (Å²) in [7, 11) is -3.82. The Morgan fingerprint density at radius 3 is 2.14 bits per heavy atom. The van der Waals surface area contributed by atoms with Crippen molar-refractivity contribution in [2.24, 2.45) is 0 Å². The molecule has 0 bridgehead atoms. The molecule has 10 heteroatoms. The van der Waals surface area contributed by atoms with Gasteiger partial charge < -0.3 is 10.4 Å². The summed E-state index contributed by atoms with van der Waals surface area (Å²) in [6, 6.07) is 9.52. The normalized spacial score (nSPS) is 13.0. The summed E-state index contributed by atoms with van der Waals surface area (Å²) in [5.74, 6) is -3.41. The number of halogens is 3. The summed E-state index contributed by atoms with van der Waals surface area (Å²) >= 11 is 0. The van der Waals surface area contributed by atoms with E-state index in [2.05, 4.69) is 0 Å². The number of amides is 1. The highest BCUT2D eigenvalue weighted by atomic mass is 32.2. The number of nitrogens with one attached hydrogen (secondary N) is 1. The lowest BCUT2D eigenvalue weighted by atomic mass is 10.1. The fraction of sp³-hybridized carbons (Fsp3) is 0.222. The molecule has 1 amide bonds. The van der Waals surface area contributed by atoms with E-state index in [4.69, 9.17) is 0 Å². The Balaban J connectivity index is 2.16. The monoisotopic (exact) mass is 415 g/mol. The fourth-order valence-electron chi connectivity index (χ4n) is 2.44. The topological polar surface area (TPSA) is 101 Å². The highest BCUT2D eigenvalue weighted by molar-refractivity contribution is 7.91. The molecular formula is C18H16F3NO5S. The van der Waals surface area contributed by atoms with Gasteiger partial charge in [0, 0.05) is 0 Å². The van der Waals surface area contributed by atoms with Crippen molar-refractivity contribution in [3.05, 3.63) is 65.7 Å². The molecule has 1 atom stereocenters. The highest BCUT2D eigenvalue weighted by Crippen LogP contribution is 2.31. The Labute approximate surface area is 158 Å². The Kier molecular flexibility index (Phi) is 6.45. The Bertz CT molecular complexity index is 959. The van der Waals surface area contributed by atoms with Crippen LogP contribution in [0.15, 0.2) is 59.5 Å². The van der Waals surface area contributed by atoms with Gasteiger partial charge in [0.25, 0.3) is 5.91 Å². The number of hydrogen-bond acceptors (Lipinski definition) is 4. The van der Waals surface area contributed by atoms with Crippen LogP contribution >= 0.6 is 0 Å². The molecule has 0 aromatic heterocycles. The molecule has 2 aromatic carbocycles. The van der Waals surface area contributed by atoms with Crippen LogP contribution in [0.2, 0.25) is 0 Å². The van der Waals surface area contributed by atoms with Gasteiger partial charge in [-0.1, -0.05) is 30.3 Å². The zero-order valence-corrected chi connectivity index (χ0v) is 15.1. The average Bonchev–Trinajstić information content (AvgIpc) is 2.64. The third-order valence-corrected chi connectivity index (χ3v) is 5.62. The van der Waals surface area contributed by atoms with Gasteiger partial charge in [0.15, 0.2) is 9.84 Å². The van der Waals surface area contributed by atoms with E-state index in [-0.39, 0.29) is 4.90 Å². The van der Waals surface area contributed by atoms with E-state index in [1.54, 1.807) is 6.07 Å². The van der Waals surface area contributed by atoms with Crippen molar-refractivity contribution in [2.45, 2.75) is 23.5 Å². The maximum atomic E-state index is 13.0. The summed E-state index contributed by atoms with van der Waals surface area (Å²) in [6.07, 6.45) is -5.31. The van der Waals surface area contributed by atoms with Crippen LogP contribution in [-0.2, 0) is 20.8 Å². The van der Waals surface area contributed by atoms with Gasteiger partial charge in [-0.25, -0.2) is 13.2 Å². The first-order valence-corrected chi connectivity index (χ1v) is 9.65. The zero-order chi connectivity index (χ0) is 20.9. The number of carboxylic acid groups (broad SMARTS) is 1. The van der Waals surface area contributed by atoms with E-state index >= 15 is 0 Å². The highest BCUT2D eigenvalue weighted by Gasteiger charge is 2.35. The lowest BCUT2D eigenvalue weighted by Crippen LogP contribution is -2.42. The molecule has 0 unspecified atom stereocenters. The summed E-state index contributed by atoms with van der Waals surface area (Å²) in [6.45, 7) is 0. The quantitative estimate of drug-likeness (QED) is 0.724. The number of carbonyl (C=O) groups excluding carboxylic acids is 1. The van der Waals surface area contributed by atoms with Crippen LogP contribution in [-0.4, -0.2) is 37.2 Å². The van der Waals surface area contributed by atoms with Crippen molar-refractivity contribution in [2.75, 3.05) is 5.75 Å². The second-order valence-electron chi connectivity index (χ2n) is 5.83. The number of aliphatic carboxylic acids is 1. The van der Waals surface area contributed by atoms with Gasteiger partial charge in [0.1, 0.15) is 6.04 Å². The third kappa shape index (κ3) is 5.32. The second kappa shape index (κ2) is 8.42. The predicted octanol–water partition coefficient (Wildman–Crippen LogP) is 2.75. The fourth-order valence-corrected chi connectivity index (χ4v) is 3.79. The molecule has 28 heavy (non-hydrogen) atoms. The van der Waals surface area contributed by atoms with Gasteiger partial charge in [-0.2, -0.15) is 13.2 Å². The first kappa shape index (κ1) is 21.4. The van der Waals surface area contributed by atoms with Crippen LogP contribution < -0.4 is 5.32 Å². The van der Waals surface area contributed by atoms with Crippen molar-refractivity contribution in [1.29, 1.82) is 0 Å². The molecule has 2 rings (SSSR count). The van der Waals surface area contributed by atoms with Gasteiger partial charge in [0.05, 0.1) is 21.8 Å². The Morgan fingerprint density at radius 1 is 1.00 bits per heavy atom. The standard InChI is InChI=1S/C18H16F3NO5S/c19-18(20,21)14-9-5-4-8-13(14)16(23)22-15(17(24)25)10-11-28(26,27)12-6-2-1-3-7-12/h1-9,15H,10-11H2,(H,22,23)(H,24,25)/t15-/m1/s1. The van der Waals surface area contributed by atoms with Crippen molar-refractivity contribution in [3.8, 4) is 0 Å². The predicted molar refractivity (Wildman–Crippen MR) is 93.4 cm³/mol. The van der Waals surface area contributed by atoms with Crippen LogP contribution in [0.4, 0.5) is 13.2 Å². The first-order chi connectivity index (χ1) is 13.0. The third-order valence-electron chi connectivity index (χ3n) is 3.86. The van der Waals surface area contributed by atoms with Crippen molar-refractivity contribution in [3.63, 3.8) is 0 Å². The number of alkyl halides is 3. The van der Waals surface area contributed by atoms with Crippen LogP contribution in [0.1, 0.15) is 22.3 Å². The minimum absolute atomic E-state index is 0.0205. The van der Waals surface area contributed by atoms with Crippen LogP contribution in [0.25, 0.3) is 0 Å². The molecule has 2 N–H and O–H groups in total. The minimum Gasteiger partial charge on any atom is -0.480 e. The number of benzene rings is 2. The van der Waals surface area contributed by atoms with Gasteiger partial charge in [-0.3, -0.25) is 4.79 Å². The first-order valence-electron chi connectivity index (χ1n) is 8.00. The van der Waals surface area contributed by atoms with Crippen LogP contribution in [0, 0.1) is 0 Å². The zero-order valence-electron chi connectivity index (χ0n) is 14.3. The number of sulfone groups is 1. The van der Waals surface area contributed by atoms with Crippen molar-refractivity contribution < 1.29 is 36.3 Å². The SMILES string of the molecule is O=C(N[C@H](CCS(=O)(=O)c1ccccc1)C(=O)O)c1ccccc1C(F)(F)F. The van der Waals surface area contributed by atoms with E-state index in [1.165, 1.54) is 30.3 Å². The number of carbonyl (C=O) groups is 2. The van der Waals surface area contributed by atoms with Crippen LogP contribution in [0.5, 0.6) is 0 Å². The van der Waals surface area contributed by atoms with E-state index in [9.17, 15) is 36.3 Å². The summed E-state index contributed by atoms with van der Waals surface area (Å²) in [5.41, 5.74) is -1.96. The van der Waals surface area contributed by atoms with Gasteiger partial charge in [-0.05, 0) is 30.7 Å². The Morgan fingerprint density at radius 2 is 1.57 bits per heavy atom. The summed E-state index contributed by atoms with van der Waals surface area (Å²) in [5, 5.41) is 11.2. The summed E-state index contributed by atoms with van der Waals surface area (Å²) in [4.78, 5) is 23.5. The van der Waals surface area contributed by atoms with Gasteiger partial charge in [0.2, 0.25) is 0 Å². The molecule has 0 aliphatic carbocycles. The van der Waals surface area contributed by atoms with E-state index in [1.807, 2.05) is 5.32 Å². The molecule has 0 fully saturated rings.